The normalized spacial score (nSPS) is 18.3. The standard InChI is InChI=1S/C16H25ClN2/c1-12(18)10-13-8-9-15(11-16(13)17)19(2)14-6-4-3-5-7-14/h8-9,11-12,14H,3-7,10,18H2,1-2H3. The van der Waals surface area contributed by atoms with Crippen LogP contribution in [0.15, 0.2) is 18.2 Å². The minimum absolute atomic E-state index is 0.152. The smallest absolute Gasteiger partial charge is 0.0459 e. The molecule has 1 aromatic rings. The highest BCUT2D eigenvalue weighted by Gasteiger charge is 2.18. The molecule has 3 heteroatoms. The summed E-state index contributed by atoms with van der Waals surface area (Å²) in [6.07, 6.45) is 7.53. The van der Waals surface area contributed by atoms with Gasteiger partial charge in [-0.05, 0) is 43.9 Å². The van der Waals surface area contributed by atoms with Gasteiger partial charge in [-0.1, -0.05) is 36.9 Å². The third-order valence-corrected chi connectivity index (χ3v) is 4.46. The summed E-state index contributed by atoms with van der Waals surface area (Å²) in [5.41, 5.74) is 8.22. The molecule has 106 valence electrons. The van der Waals surface area contributed by atoms with Crippen LogP contribution < -0.4 is 10.6 Å². The van der Waals surface area contributed by atoms with Gasteiger partial charge in [0.05, 0.1) is 0 Å². The number of hydrogen-bond acceptors (Lipinski definition) is 2. The molecule has 1 aliphatic carbocycles. The van der Waals surface area contributed by atoms with Crippen LogP contribution in [0.3, 0.4) is 0 Å². The van der Waals surface area contributed by atoms with Crippen molar-refractivity contribution in [2.45, 2.75) is 57.5 Å². The highest BCUT2D eigenvalue weighted by atomic mass is 35.5. The van der Waals surface area contributed by atoms with Gasteiger partial charge in [-0.25, -0.2) is 0 Å². The van der Waals surface area contributed by atoms with Crippen molar-refractivity contribution >= 4 is 17.3 Å². The van der Waals surface area contributed by atoms with E-state index in [0.717, 1.165) is 17.0 Å². The molecule has 1 aromatic carbocycles. The Hall–Kier alpha value is -0.730. The lowest BCUT2D eigenvalue weighted by Crippen LogP contribution is -2.33. The van der Waals surface area contributed by atoms with Crippen molar-refractivity contribution in [2.24, 2.45) is 5.73 Å². The maximum Gasteiger partial charge on any atom is 0.0459 e. The largest absolute Gasteiger partial charge is 0.372 e. The molecule has 1 aliphatic rings. The monoisotopic (exact) mass is 280 g/mol. The lowest BCUT2D eigenvalue weighted by atomic mass is 9.94. The number of nitrogens with two attached hydrogens (primary N) is 1. The molecule has 0 saturated heterocycles. The number of rotatable bonds is 4. The number of hydrogen-bond donors (Lipinski definition) is 1. The Kier molecular flexibility index (Phi) is 5.12. The third kappa shape index (κ3) is 3.87. The van der Waals surface area contributed by atoms with Gasteiger partial charge in [0.1, 0.15) is 0 Å². The Morgan fingerprint density at radius 2 is 2.00 bits per heavy atom. The molecular weight excluding hydrogens is 256 g/mol. The van der Waals surface area contributed by atoms with E-state index in [2.05, 4.69) is 30.1 Å². The van der Waals surface area contributed by atoms with Gasteiger partial charge in [-0.2, -0.15) is 0 Å². The predicted octanol–water partition coefficient (Wildman–Crippen LogP) is 4.00. The highest BCUT2D eigenvalue weighted by molar-refractivity contribution is 6.31. The van der Waals surface area contributed by atoms with E-state index < -0.39 is 0 Å². The molecule has 1 unspecified atom stereocenters. The first-order chi connectivity index (χ1) is 9.08. The van der Waals surface area contributed by atoms with Crippen molar-refractivity contribution in [1.29, 1.82) is 0 Å². The lowest BCUT2D eigenvalue weighted by Gasteiger charge is -2.33. The summed E-state index contributed by atoms with van der Waals surface area (Å²) in [5, 5.41) is 0.845. The van der Waals surface area contributed by atoms with E-state index >= 15 is 0 Å². The van der Waals surface area contributed by atoms with Gasteiger partial charge in [0.25, 0.3) is 0 Å². The molecular formula is C16H25ClN2. The van der Waals surface area contributed by atoms with E-state index in [9.17, 15) is 0 Å². The Balaban J connectivity index is 2.09. The van der Waals surface area contributed by atoms with Crippen LogP contribution in [0.4, 0.5) is 5.69 Å². The van der Waals surface area contributed by atoms with E-state index in [-0.39, 0.29) is 6.04 Å². The molecule has 2 rings (SSSR count). The zero-order valence-corrected chi connectivity index (χ0v) is 12.8. The molecule has 0 radical (unpaired) electrons. The summed E-state index contributed by atoms with van der Waals surface area (Å²) in [5.74, 6) is 0. The Labute approximate surface area is 121 Å². The molecule has 2 N–H and O–H groups in total. The highest BCUT2D eigenvalue weighted by Crippen LogP contribution is 2.29. The maximum atomic E-state index is 6.37. The average molecular weight is 281 g/mol. The van der Waals surface area contributed by atoms with Crippen LogP contribution in [-0.4, -0.2) is 19.1 Å². The van der Waals surface area contributed by atoms with Gasteiger partial charge in [0.2, 0.25) is 0 Å². The van der Waals surface area contributed by atoms with E-state index in [1.165, 1.54) is 37.8 Å². The average Bonchev–Trinajstić information content (AvgIpc) is 2.41. The molecule has 0 heterocycles. The molecule has 1 fully saturated rings. The van der Waals surface area contributed by atoms with Gasteiger partial charge in [0, 0.05) is 29.8 Å². The summed E-state index contributed by atoms with van der Waals surface area (Å²) in [7, 11) is 2.19. The fourth-order valence-electron chi connectivity index (χ4n) is 2.95. The number of nitrogens with zero attached hydrogens (tertiary/aromatic N) is 1. The fourth-order valence-corrected chi connectivity index (χ4v) is 3.20. The fraction of sp³-hybridized carbons (Fsp3) is 0.625. The summed E-state index contributed by atoms with van der Waals surface area (Å²) in [4.78, 5) is 2.39. The number of benzene rings is 1. The topological polar surface area (TPSA) is 29.3 Å². The summed E-state index contributed by atoms with van der Waals surface area (Å²) in [6.45, 7) is 2.01. The second-order valence-electron chi connectivity index (χ2n) is 5.86. The van der Waals surface area contributed by atoms with Crippen molar-refractivity contribution < 1.29 is 0 Å². The van der Waals surface area contributed by atoms with Crippen molar-refractivity contribution in [1.82, 2.24) is 0 Å². The van der Waals surface area contributed by atoms with Crippen molar-refractivity contribution in [3.63, 3.8) is 0 Å². The molecule has 0 aromatic heterocycles. The molecule has 0 spiro atoms. The second kappa shape index (κ2) is 6.62. The van der Waals surface area contributed by atoms with Crippen molar-refractivity contribution in [3.8, 4) is 0 Å². The van der Waals surface area contributed by atoms with Crippen molar-refractivity contribution in [2.75, 3.05) is 11.9 Å². The van der Waals surface area contributed by atoms with Crippen molar-refractivity contribution in [3.05, 3.63) is 28.8 Å². The third-order valence-electron chi connectivity index (χ3n) is 4.11. The van der Waals surface area contributed by atoms with Crippen LogP contribution in [0.5, 0.6) is 0 Å². The van der Waals surface area contributed by atoms with Crippen LogP contribution >= 0.6 is 11.6 Å². The SMILES string of the molecule is CC(N)Cc1ccc(N(C)C2CCCCC2)cc1Cl. The van der Waals surface area contributed by atoms with Crippen LogP contribution in [0.1, 0.15) is 44.6 Å². The van der Waals surface area contributed by atoms with Gasteiger partial charge < -0.3 is 10.6 Å². The number of anilines is 1. The van der Waals surface area contributed by atoms with E-state index in [0.29, 0.717) is 6.04 Å². The Bertz CT molecular complexity index is 411. The van der Waals surface area contributed by atoms with Crippen LogP contribution in [0, 0.1) is 0 Å². The molecule has 0 amide bonds. The Morgan fingerprint density at radius 1 is 1.32 bits per heavy atom. The summed E-state index contributed by atoms with van der Waals surface area (Å²) >= 11 is 6.37. The molecule has 19 heavy (non-hydrogen) atoms. The molecule has 0 aliphatic heterocycles. The lowest BCUT2D eigenvalue weighted by molar-refractivity contribution is 0.427. The Morgan fingerprint density at radius 3 is 2.58 bits per heavy atom. The zero-order valence-electron chi connectivity index (χ0n) is 12.0. The van der Waals surface area contributed by atoms with E-state index in [4.69, 9.17) is 17.3 Å². The minimum atomic E-state index is 0.152. The quantitative estimate of drug-likeness (QED) is 0.903. The summed E-state index contributed by atoms with van der Waals surface area (Å²) < 4.78 is 0. The van der Waals surface area contributed by atoms with Gasteiger partial charge in [-0.15, -0.1) is 0 Å². The molecule has 0 bridgehead atoms. The van der Waals surface area contributed by atoms with Crippen LogP contribution in [-0.2, 0) is 6.42 Å². The minimum Gasteiger partial charge on any atom is -0.372 e. The zero-order chi connectivity index (χ0) is 13.8. The predicted molar refractivity (Wildman–Crippen MR) is 84.1 cm³/mol. The van der Waals surface area contributed by atoms with Gasteiger partial charge >= 0.3 is 0 Å². The maximum absolute atomic E-state index is 6.37. The van der Waals surface area contributed by atoms with E-state index in [1.54, 1.807) is 0 Å². The first-order valence-electron chi connectivity index (χ1n) is 7.35. The first-order valence-corrected chi connectivity index (χ1v) is 7.72. The number of halogens is 1. The van der Waals surface area contributed by atoms with Crippen LogP contribution in [0.2, 0.25) is 5.02 Å². The molecule has 1 atom stereocenters. The molecule has 2 nitrogen and oxygen atoms in total. The van der Waals surface area contributed by atoms with Crippen LogP contribution in [0.25, 0.3) is 0 Å². The molecule has 1 saturated carbocycles. The second-order valence-corrected chi connectivity index (χ2v) is 6.27. The van der Waals surface area contributed by atoms with Gasteiger partial charge in [0.15, 0.2) is 0 Å². The van der Waals surface area contributed by atoms with E-state index in [1.807, 2.05) is 6.92 Å². The first kappa shape index (κ1) is 14.7. The summed E-state index contributed by atoms with van der Waals surface area (Å²) in [6, 6.07) is 7.22. The van der Waals surface area contributed by atoms with Gasteiger partial charge in [-0.3, -0.25) is 0 Å².